The van der Waals surface area contributed by atoms with Gasteiger partial charge in [0.25, 0.3) is 5.91 Å². The van der Waals surface area contributed by atoms with E-state index in [0.717, 1.165) is 17.8 Å². The highest BCUT2D eigenvalue weighted by Gasteiger charge is 2.62. The number of rotatable bonds is 5. The van der Waals surface area contributed by atoms with E-state index in [2.05, 4.69) is 32.4 Å². The van der Waals surface area contributed by atoms with Gasteiger partial charge < -0.3 is 5.32 Å². The van der Waals surface area contributed by atoms with Crippen LogP contribution >= 0.6 is 0 Å². The number of urea groups is 1. The molecule has 1 aromatic heterocycles. The van der Waals surface area contributed by atoms with Crippen molar-refractivity contribution in [3.63, 3.8) is 0 Å². The molecule has 1 fully saturated rings. The van der Waals surface area contributed by atoms with Crippen molar-refractivity contribution in [2.45, 2.75) is 57.2 Å². The molecule has 3 heterocycles. The van der Waals surface area contributed by atoms with Crippen LogP contribution in [0.4, 0.5) is 4.79 Å². The van der Waals surface area contributed by atoms with Gasteiger partial charge in [0.2, 0.25) is 10.0 Å². The molecule has 10 heteroatoms. The maximum absolute atomic E-state index is 13.5. The Labute approximate surface area is 182 Å². The van der Waals surface area contributed by atoms with E-state index < -0.39 is 32.2 Å². The molecule has 2 aliphatic heterocycles. The summed E-state index contributed by atoms with van der Waals surface area (Å²) < 4.78 is 26.9. The third-order valence-corrected chi connectivity index (χ3v) is 9.09. The van der Waals surface area contributed by atoms with Crippen LogP contribution in [0.3, 0.4) is 0 Å². The molecular formula is C21H27N5O4S. The molecule has 0 aromatic carbocycles. The largest absolute Gasteiger partial charge is 0.322 e. The number of nitrogens with one attached hydrogen (secondary N) is 2. The van der Waals surface area contributed by atoms with Crippen LogP contribution in [0, 0.1) is 11.8 Å². The number of aryl methyl sites for hydroxylation is 1. The number of imide groups is 1. The van der Waals surface area contributed by atoms with E-state index in [4.69, 9.17) is 0 Å². The zero-order chi connectivity index (χ0) is 22.9. The van der Waals surface area contributed by atoms with Crippen molar-refractivity contribution in [3.8, 4) is 11.8 Å². The molecule has 2 N–H and O–H groups in total. The van der Waals surface area contributed by atoms with Crippen LogP contribution in [0.5, 0.6) is 0 Å². The summed E-state index contributed by atoms with van der Waals surface area (Å²) in [7, 11) is -3.93. The lowest BCUT2D eigenvalue weighted by Crippen LogP contribution is -2.67. The molecule has 0 aliphatic carbocycles. The molecule has 2 aliphatic rings. The van der Waals surface area contributed by atoms with Gasteiger partial charge in [-0.25, -0.2) is 23.2 Å². The molecule has 166 valence electrons. The van der Waals surface area contributed by atoms with Crippen LogP contribution in [-0.4, -0.2) is 58.0 Å². The molecular weight excluding hydrogens is 418 g/mol. The topological polar surface area (TPSA) is 121 Å². The number of hydrogen-bond donors (Lipinski definition) is 2. The van der Waals surface area contributed by atoms with E-state index in [-0.39, 0.29) is 19.5 Å². The first-order valence-corrected chi connectivity index (χ1v) is 11.7. The summed E-state index contributed by atoms with van der Waals surface area (Å²) in [4.78, 5) is 32.6. The zero-order valence-corrected chi connectivity index (χ0v) is 19.0. The van der Waals surface area contributed by atoms with E-state index in [1.54, 1.807) is 25.4 Å². The summed E-state index contributed by atoms with van der Waals surface area (Å²) in [6, 6.07) is -0.686. The summed E-state index contributed by atoms with van der Waals surface area (Å²) in [5, 5.41) is 4.67. The van der Waals surface area contributed by atoms with E-state index in [1.165, 1.54) is 18.2 Å². The summed E-state index contributed by atoms with van der Waals surface area (Å²) in [5.74, 6) is 6.19. The second-order valence-corrected chi connectivity index (χ2v) is 10.3. The predicted octanol–water partition coefficient (Wildman–Crippen LogP) is 1.12. The van der Waals surface area contributed by atoms with Gasteiger partial charge in [0.15, 0.2) is 0 Å². The molecule has 2 atom stereocenters. The summed E-state index contributed by atoms with van der Waals surface area (Å²) in [6.07, 6.45) is 6.49. The first-order valence-electron chi connectivity index (χ1n) is 10.2. The van der Waals surface area contributed by atoms with Crippen LogP contribution in [0.1, 0.15) is 51.9 Å². The SMILES string of the molecule is CCc1ncc(C#CC2=CCN(S(=O)(=O)C(C)(CC)C3(C)NC(=O)NC3=O)CC2)cn1. The van der Waals surface area contributed by atoms with E-state index in [1.807, 2.05) is 6.92 Å². The number of hydrogen-bond acceptors (Lipinski definition) is 6. The average molecular weight is 446 g/mol. The molecule has 3 amide bonds. The number of amides is 3. The molecule has 0 saturated carbocycles. The molecule has 9 nitrogen and oxygen atoms in total. The Bertz CT molecular complexity index is 1090. The highest BCUT2D eigenvalue weighted by molar-refractivity contribution is 7.90. The summed E-state index contributed by atoms with van der Waals surface area (Å²) >= 11 is 0. The Morgan fingerprint density at radius 1 is 1.23 bits per heavy atom. The van der Waals surface area contributed by atoms with Gasteiger partial charge in [-0.1, -0.05) is 31.8 Å². The number of nitrogens with zero attached hydrogens (tertiary/aromatic N) is 3. The standard InChI is InChI=1S/C21H27N5O4S/c1-5-17-22-13-16(14-23-17)8-7-15-9-11-26(12-10-15)31(29,30)20(3,6-2)21(4)18(27)24-19(28)25-21/h9,13-14H,5-6,10-12H2,1-4H3,(H2,24,25,27,28). The number of sulfonamides is 1. The van der Waals surface area contributed by atoms with Gasteiger partial charge in [0.05, 0.1) is 5.56 Å². The van der Waals surface area contributed by atoms with Crippen LogP contribution in [0.2, 0.25) is 0 Å². The van der Waals surface area contributed by atoms with Crippen LogP contribution < -0.4 is 10.6 Å². The summed E-state index contributed by atoms with van der Waals surface area (Å²) in [5.41, 5.74) is -0.0310. The number of carbonyl (C=O) groups excluding carboxylic acids is 2. The molecule has 0 bridgehead atoms. The maximum Gasteiger partial charge on any atom is 0.322 e. The number of aromatic nitrogens is 2. The molecule has 1 aromatic rings. The zero-order valence-electron chi connectivity index (χ0n) is 18.2. The minimum absolute atomic E-state index is 0.152. The van der Waals surface area contributed by atoms with Gasteiger partial charge in [0.1, 0.15) is 16.1 Å². The van der Waals surface area contributed by atoms with Crippen LogP contribution in [0.25, 0.3) is 0 Å². The van der Waals surface area contributed by atoms with Crippen molar-refractivity contribution in [2.24, 2.45) is 0 Å². The third kappa shape index (κ3) is 3.95. The quantitative estimate of drug-likeness (QED) is 0.517. The molecule has 0 spiro atoms. The second-order valence-electron chi connectivity index (χ2n) is 7.95. The van der Waals surface area contributed by atoms with Gasteiger partial charge in [-0.2, -0.15) is 4.31 Å². The minimum Gasteiger partial charge on any atom is -0.322 e. The lowest BCUT2D eigenvalue weighted by atomic mass is 9.84. The van der Waals surface area contributed by atoms with Crippen molar-refractivity contribution in [1.82, 2.24) is 24.9 Å². The highest BCUT2D eigenvalue weighted by Crippen LogP contribution is 2.38. The summed E-state index contributed by atoms with van der Waals surface area (Å²) in [6.45, 7) is 7.03. The van der Waals surface area contributed by atoms with Crippen molar-refractivity contribution >= 4 is 22.0 Å². The first-order chi connectivity index (χ1) is 14.6. The normalized spacial score (nSPS) is 23.8. The van der Waals surface area contributed by atoms with Gasteiger partial charge >= 0.3 is 6.03 Å². The lowest BCUT2D eigenvalue weighted by Gasteiger charge is -2.43. The van der Waals surface area contributed by atoms with Crippen molar-refractivity contribution < 1.29 is 18.0 Å². The fourth-order valence-corrected chi connectivity index (χ4v) is 5.93. The van der Waals surface area contributed by atoms with Crippen molar-refractivity contribution in [2.75, 3.05) is 13.1 Å². The molecule has 3 rings (SSSR count). The molecule has 0 radical (unpaired) electrons. The van der Waals surface area contributed by atoms with Crippen LogP contribution in [-0.2, 0) is 21.2 Å². The Balaban J connectivity index is 1.79. The fraction of sp³-hybridized carbons (Fsp3) is 0.524. The second kappa shape index (κ2) is 8.40. The van der Waals surface area contributed by atoms with E-state index in [9.17, 15) is 18.0 Å². The lowest BCUT2D eigenvalue weighted by molar-refractivity contribution is -0.124. The predicted molar refractivity (Wildman–Crippen MR) is 115 cm³/mol. The maximum atomic E-state index is 13.5. The van der Waals surface area contributed by atoms with E-state index >= 15 is 0 Å². The average Bonchev–Trinajstić information content (AvgIpc) is 3.04. The fourth-order valence-electron chi connectivity index (χ4n) is 3.73. The smallest absolute Gasteiger partial charge is 0.322 e. The van der Waals surface area contributed by atoms with Gasteiger partial charge in [-0.3, -0.25) is 10.1 Å². The van der Waals surface area contributed by atoms with Gasteiger partial charge in [0, 0.05) is 37.5 Å². The van der Waals surface area contributed by atoms with Crippen molar-refractivity contribution in [3.05, 3.63) is 35.4 Å². The molecule has 1 saturated heterocycles. The Morgan fingerprint density at radius 2 is 1.90 bits per heavy atom. The minimum atomic E-state index is -3.93. The number of carbonyl (C=O) groups is 2. The molecule has 31 heavy (non-hydrogen) atoms. The van der Waals surface area contributed by atoms with Gasteiger partial charge in [-0.15, -0.1) is 0 Å². The highest BCUT2D eigenvalue weighted by atomic mass is 32.2. The monoisotopic (exact) mass is 445 g/mol. The van der Waals surface area contributed by atoms with Gasteiger partial charge in [-0.05, 0) is 26.7 Å². The Hall–Kier alpha value is -2.77. The van der Waals surface area contributed by atoms with Crippen molar-refractivity contribution in [1.29, 1.82) is 0 Å². The third-order valence-electron chi connectivity index (χ3n) is 6.25. The Kier molecular flexibility index (Phi) is 6.21. The van der Waals surface area contributed by atoms with Crippen LogP contribution in [0.15, 0.2) is 24.0 Å². The first kappa shape index (κ1) is 22.9. The van der Waals surface area contributed by atoms with E-state index in [0.29, 0.717) is 12.0 Å². The Morgan fingerprint density at radius 3 is 2.39 bits per heavy atom. The molecule has 2 unspecified atom stereocenters.